The fraction of sp³-hybridized carbons (Fsp3) is 0.222. The van der Waals surface area contributed by atoms with Crippen molar-refractivity contribution in [2.45, 2.75) is 18.6 Å². The van der Waals surface area contributed by atoms with Crippen LogP contribution in [0.5, 0.6) is 0 Å². The molecule has 1 fully saturated rings. The summed E-state index contributed by atoms with van der Waals surface area (Å²) in [5.41, 5.74) is 1.60. The standard InChI is InChI=1S/C18H15FN2O2/c19-15-6-4-13(5-7-15)17-9-16(22)11-21(17)18(23)14-3-1-2-12(8-14)10-20/h1-8,16-17,22H,9,11H2/t16-,17-/m0/s1. The molecule has 5 heteroatoms. The van der Waals surface area contributed by atoms with E-state index in [0.717, 1.165) is 5.56 Å². The first-order chi connectivity index (χ1) is 11.1. The zero-order chi connectivity index (χ0) is 16.4. The molecule has 1 aliphatic heterocycles. The van der Waals surface area contributed by atoms with Gasteiger partial charge in [-0.1, -0.05) is 18.2 Å². The third-order valence-corrected chi connectivity index (χ3v) is 4.03. The van der Waals surface area contributed by atoms with Crippen LogP contribution in [-0.4, -0.2) is 28.6 Å². The summed E-state index contributed by atoms with van der Waals surface area (Å²) in [6.45, 7) is 0.220. The largest absolute Gasteiger partial charge is 0.391 e. The third-order valence-electron chi connectivity index (χ3n) is 4.03. The number of amides is 1. The lowest BCUT2D eigenvalue weighted by molar-refractivity contribution is 0.0716. The van der Waals surface area contributed by atoms with E-state index in [2.05, 4.69) is 0 Å². The van der Waals surface area contributed by atoms with Gasteiger partial charge in [0.15, 0.2) is 0 Å². The van der Waals surface area contributed by atoms with Crippen LogP contribution in [0.15, 0.2) is 48.5 Å². The van der Waals surface area contributed by atoms with Crippen LogP contribution in [0.1, 0.15) is 33.9 Å². The van der Waals surface area contributed by atoms with Gasteiger partial charge in [0.1, 0.15) is 5.82 Å². The highest BCUT2D eigenvalue weighted by Crippen LogP contribution is 2.33. The topological polar surface area (TPSA) is 64.3 Å². The molecule has 2 aromatic carbocycles. The van der Waals surface area contributed by atoms with Gasteiger partial charge in [-0.05, 0) is 42.3 Å². The van der Waals surface area contributed by atoms with E-state index in [0.29, 0.717) is 17.5 Å². The molecule has 0 radical (unpaired) electrons. The number of nitriles is 1. The first kappa shape index (κ1) is 15.2. The molecule has 1 N–H and O–H groups in total. The van der Waals surface area contributed by atoms with E-state index in [9.17, 15) is 14.3 Å². The van der Waals surface area contributed by atoms with Crippen LogP contribution in [0.2, 0.25) is 0 Å². The number of rotatable bonds is 2. The Kier molecular flexibility index (Phi) is 4.09. The number of carbonyl (C=O) groups is 1. The first-order valence-electron chi connectivity index (χ1n) is 7.33. The summed E-state index contributed by atoms with van der Waals surface area (Å²) < 4.78 is 13.1. The van der Waals surface area contributed by atoms with Crippen molar-refractivity contribution < 1.29 is 14.3 Å². The van der Waals surface area contributed by atoms with Crippen molar-refractivity contribution in [3.63, 3.8) is 0 Å². The minimum absolute atomic E-state index is 0.220. The lowest BCUT2D eigenvalue weighted by atomic mass is 10.0. The molecular formula is C18H15FN2O2. The summed E-state index contributed by atoms with van der Waals surface area (Å²) in [6.07, 6.45) is -0.205. The maximum absolute atomic E-state index is 13.1. The fourth-order valence-corrected chi connectivity index (χ4v) is 2.93. The predicted octanol–water partition coefficient (Wildman–Crippen LogP) is 2.65. The van der Waals surface area contributed by atoms with Gasteiger partial charge in [-0.2, -0.15) is 5.26 Å². The second-order valence-corrected chi connectivity index (χ2v) is 5.61. The minimum Gasteiger partial charge on any atom is -0.391 e. The maximum Gasteiger partial charge on any atom is 0.254 e. The van der Waals surface area contributed by atoms with Gasteiger partial charge in [-0.3, -0.25) is 4.79 Å². The lowest BCUT2D eigenvalue weighted by Crippen LogP contribution is -2.31. The zero-order valence-corrected chi connectivity index (χ0v) is 12.3. The summed E-state index contributed by atoms with van der Waals surface area (Å²) in [5.74, 6) is -0.583. The highest BCUT2D eigenvalue weighted by Gasteiger charge is 2.35. The van der Waals surface area contributed by atoms with Crippen LogP contribution in [0.25, 0.3) is 0 Å². The number of halogens is 1. The van der Waals surface area contributed by atoms with Crippen molar-refractivity contribution in [3.05, 3.63) is 71.0 Å². The molecule has 0 spiro atoms. The number of aliphatic hydroxyl groups is 1. The number of aliphatic hydroxyl groups excluding tert-OH is 1. The fourth-order valence-electron chi connectivity index (χ4n) is 2.93. The van der Waals surface area contributed by atoms with E-state index < -0.39 is 6.10 Å². The molecule has 0 unspecified atom stereocenters. The molecular weight excluding hydrogens is 295 g/mol. The Morgan fingerprint density at radius 3 is 2.70 bits per heavy atom. The number of β-amino-alcohol motifs (C(OH)–C–C–N with tert-alkyl or cyclic N) is 1. The number of hydrogen-bond donors (Lipinski definition) is 1. The Hall–Kier alpha value is -2.71. The van der Waals surface area contributed by atoms with Crippen LogP contribution in [0.3, 0.4) is 0 Å². The van der Waals surface area contributed by atoms with E-state index in [1.807, 2.05) is 6.07 Å². The second-order valence-electron chi connectivity index (χ2n) is 5.61. The van der Waals surface area contributed by atoms with Crippen molar-refractivity contribution in [3.8, 4) is 6.07 Å². The van der Waals surface area contributed by atoms with Crippen molar-refractivity contribution in [1.29, 1.82) is 5.26 Å². The third kappa shape index (κ3) is 3.08. The van der Waals surface area contributed by atoms with Crippen LogP contribution < -0.4 is 0 Å². The molecule has 23 heavy (non-hydrogen) atoms. The second kappa shape index (κ2) is 6.19. The Morgan fingerprint density at radius 1 is 1.26 bits per heavy atom. The minimum atomic E-state index is -0.617. The van der Waals surface area contributed by atoms with Gasteiger partial charge < -0.3 is 10.0 Å². The van der Waals surface area contributed by atoms with Crippen molar-refractivity contribution in [2.24, 2.45) is 0 Å². The molecule has 0 saturated carbocycles. The number of hydrogen-bond acceptors (Lipinski definition) is 3. The number of benzene rings is 2. The van der Waals surface area contributed by atoms with Crippen molar-refractivity contribution >= 4 is 5.91 Å². The Morgan fingerprint density at radius 2 is 2.00 bits per heavy atom. The molecule has 2 aromatic rings. The molecule has 2 atom stereocenters. The summed E-state index contributed by atoms with van der Waals surface area (Å²) >= 11 is 0. The van der Waals surface area contributed by atoms with Crippen LogP contribution in [-0.2, 0) is 0 Å². The van der Waals surface area contributed by atoms with Gasteiger partial charge in [0.25, 0.3) is 5.91 Å². The van der Waals surface area contributed by atoms with Crippen LogP contribution in [0, 0.1) is 17.1 Å². The molecule has 1 aliphatic rings. The molecule has 116 valence electrons. The summed E-state index contributed by atoms with van der Waals surface area (Å²) in [4.78, 5) is 14.3. The van der Waals surface area contributed by atoms with Crippen molar-refractivity contribution in [2.75, 3.05) is 6.54 Å². The summed E-state index contributed by atoms with van der Waals surface area (Å²) in [7, 11) is 0. The summed E-state index contributed by atoms with van der Waals surface area (Å²) in [5, 5.41) is 18.9. The Labute approximate surface area is 133 Å². The smallest absolute Gasteiger partial charge is 0.254 e. The highest BCUT2D eigenvalue weighted by atomic mass is 19.1. The summed E-state index contributed by atoms with van der Waals surface area (Å²) in [6, 6.07) is 14.1. The number of nitrogens with zero attached hydrogens (tertiary/aromatic N) is 2. The van der Waals surface area contributed by atoms with Gasteiger partial charge in [0.05, 0.1) is 23.8 Å². The van der Waals surface area contributed by atoms with Gasteiger partial charge in [-0.25, -0.2) is 4.39 Å². The van der Waals surface area contributed by atoms with E-state index in [4.69, 9.17) is 5.26 Å². The van der Waals surface area contributed by atoms with Crippen molar-refractivity contribution in [1.82, 2.24) is 4.90 Å². The highest BCUT2D eigenvalue weighted by molar-refractivity contribution is 5.95. The lowest BCUT2D eigenvalue weighted by Gasteiger charge is -2.25. The van der Waals surface area contributed by atoms with Crippen LogP contribution >= 0.6 is 0 Å². The first-order valence-corrected chi connectivity index (χ1v) is 7.33. The average molecular weight is 310 g/mol. The molecule has 4 nitrogen and oxygen atoms in total. The van der Waals surface area contributed by atoms with Crippen LogP contribution in [0.4, 0.5) is 4.39 Å². The van der Waals surface area contributed by atoms with E-state index in [1.165, 1.54) is 18.2 Å². The van der Waals surface area contributed by atoms with E-state index in [1.54, 1.807) is 35.2 Å². The van der Waals surface area contributed by atoms with Gasteiger partial charge in [0, 0.05) is 12.1 Å². The van der Waals surface area contributed by atoms with E-state index in [-0.39, 0.29) is 24.3 Å². The van der Waals surface area contributed by atoms with Gasteiger partial charge >= 0.3 is 0 Å². The number of carbonyl (C=O) groups excluding carboxylic acids is 1. The Bertz CT molecular complexity index is 767. The van der Waals surface area contributed by atoms with Gasteiger partial charge in [-0.15, -0.1) is 0 Å². The molecule has 1 heterocycles. The molecule has 0 bridgehead atoms. The normalized spacial score (nSPS) is 20.3. The zero-order valence-electron chi connectivity index (χ0n) is 12.3. The Balaban J connectivity index is 1.91. The predicted molar refractivity (Wildman–Crippen MR) is 82.0 cm³/mol. The SMILES string of the molecule is N#Cc1cccc(C(=O)N2C[C@@H](O)C[C@H]2c2ccc(F)cc2)c1. The van der Waals surface area contributed by atoms with E-state index >= 15 is 0 Å². The molecule has 1 saturated heterocycles. The molecule has 0 aromatic heterocycles. The molecule has 1 amide bonds. The quantitative estimate of drug-likeness (QED) is 0.927. The van der Waals surface area contributed by atoms with Gasteiger partial charge in [0.2, 0.25) is 0 Å². The number of likely N-dealkylation sites (tertiary alicyclic amines) is 1. The molecule has 0 aliphatic carbocycles. The maximum atomic E-state index is 13.1. The monoisotopic (exact) mass is 310 g/mol. The molecule has 3 rings (SSSR count). The average Bonchev–Trinajstić information content (AvgIpc) is 2.96.